The van der Waals surface area contributed by atoms with Crippen LogP contribution in [0.2, 0.25) is 0 Å². The summed E-state index contributed by atoms with van der Waals surface area (Å²) >= 11 is 0. The summed E-state index contributed by atoms with van der Waals surface area (Å²) in [5.74, 6) is 0.824. The molecule has 0 aliphatic rings. The standard InChI is InChI=1S/C16H21N3O2/c1-3-21-15-8-5-4-7-14(15)12-17-16(20)11-13(2)19-10-6-9-18-19/h4-10,13H,3,11-12H2,1-2H3,(H,17,20). The van der Waals surface area contributed by atoms with E-state index >= 15 is 0 Å². The number of para-hydroxylation sites is 1. The van der Waals surface area contributed by atoms with Gasteiger partial charge in [0, 0.05) is 30.9 Å². The van der Waals surface area contributed by atoms with Gasteiger partial charge in [0.25, 0.3) is 0 Å². The molecule has 1 atom stereocenters. The highest BCUT2D eigenvalue weighted by molar-refractivity contribution is 5.76. The van der Waals surface area contributed by atoms with Crippen molar-refractivity contribution in [2.24, 2.45) is 0 Å². The molecule has 2 rings (SSSR count). The van der Waals surface area contributed by atoms with Crippen molar-refractivity contribution in [3.63, 3.8) is 0 Å². The Morgan fingerprint density at radius 2 is 2.19 bits per heavy atom. The van der Waals surface area contributed by atoms with E-state index in [0.717, 1.165) is 11.3 Å². The molecular weight excluding hydrogens is 266 g/mol. The largest absolute Gasteiger partial charge is 0.494 e. The van der Waals surface area contributed by atoms with Crippen LogP contribution in [0.3, 0.4) is 0 Å². The number of nitrogens with zero attached hydrogens (tertiary/aromatic N) is 2. The average Bonchev–Trinajstić information content (AvgIpc) is 3.01. The van der Waals surface area contributed by atoms with Crippen LogP contribution in [0.1, 0.15) is 31.9 Å². The lowest BCUT2D eigenvalue weighted by molar-refractivity contribution is -0.122. The number of aromatic nitrogens is 2. The molecular formula is C16H21N3O2. The van der Waals surface area contributed by atoms with Gasteiger partial charge < -0.3 is 10.1 Å². The maximum absolute atomic E-state index is 12.0. The van der Waals surface area contributed by atoms with Crippen molar-refractivity contribution in [1.29, 1.82) is 0 Å². The van der Waals surface area contributed by atoms with Crippen molar-refractivity contribution in [2.75, 3.05) is 6.61 Å². The molecule has 0 aliphatic heterocycles. The van der Waals surface area contributed by atoms with Crippen LogP contribution >= 0.6 is 0 Å². The summed E-state index contributed by atoms with van der Waals surface area (Å²) in [7, 11) is 0. The average molecular weight is 287 g/mol. The minimum atomic E-state index is 0.00398. The van der Waals surface area contributed by atoms with Gasteiger partial charge in [0.1, 0.15) is 5.75 Å². The van der Waals surface area contributed by atoms with E-state index in [0.29, 0.717) is 19.6 Å². The number of carbonyl (C=O) groups is 1. The minimum absolute atomic E-state index is 0.00398. The third-order valence-electron chi connectivity index (χ3n) is 3.21. The molecule has 2 aromatic rings. The number of hydrogen-bond acceptors (Lipinski definition) is 3. The molecule has 5 heteroatoms. The smallest absolute Gasteiger partial charge is 0.222 e. The van der Waals surface area contributed by atoms with E-state index in [4.69, 9.17) is 4.74 Å². The van der Waals surface area contributed by atoms with Gasteiger partial charge in [-0.1, -0.05) is 18.2 Å². The zero-order valence-corrected chi connectivity index (χ0v) is 12.5. The molecule has 112 valence electrons. The molecule has 1 N–H and O–H groups in total. The molecule has 21 heavy (non-hydrogen) atoms. The molecule has 0 saturated heterocycles. The predicted octanol–water partition coefficient (Wildman–Crippen LogP) is 2.55. The molecule has 0 fully saturated rings. The second kappa shape index (κ2) is 7.47. The van der Waals surface area contributed by atoms with Gasteiger partial charge in [0.2, 0.25) is 5.91 Å². The van der Waals surface area contributed by atoms with E-state index in [1.807, 2.05) is 50.4 Å². The number of rotatable bonds is 7. The summed E-state index contributed by atoms with van der Waals surface area (Å²) in [6.07, 6.45) is 3.98. The van der Waals surface area contributed by atoms with Gasteiger partial charge in [-0.2, -0.15) is 5.10 Å². The lowest BCUT2D eigenvalue weighted by Gasteiger charge is -2.13. The van der Waals surface area contributed by atoms with Gasteiger partial charge in [-0.15, -0.1) is 0 Å². The molecule has 1 unspecified atom stereocenters. The number of hydrogen-bond donors (Lipinski definition) is 1. The number of benzene rings is 1. The van der Waals surface area contributed by atoms with E-state index in [2.05, 4.69) is 10.4 Å². The first-order valence-electron chi connectivity index (χ1n) is 7.17. The van der Waals surface area contributed by atoms with Crippen molar-refractivity contribution < 1.29 is 9.53 Å². The first-order valence-corrected chi connectivity index (χ1v) is 7.17. The highest BCUT2D eigenvalue weighted by atomic mass is 16.5. The number of ether oxygens (including phenoxy) is 1. The summed E-state index contributed by atoms with van der Waals surface area (Å²) in [5, 5.41) is 7.07. The van der Waals surface area contributed by atoms with Gasteiger partial charge in [-0.05, 0) is 26.0 Å². The highest BCUT2D eigenvalue weighted by Gasteiger charge is 2.11. The lowest BCUT2D eigenvalue weighted by atomic mass is 10.2. The summed E-state index contributed by atoms with van der Waals surface area (Å²) in [6.45, 7) is 5.00. The number of nitrogens with one attached hydrogen (secondary N) is 1. The van der Waals surface area contributed by atoms with Gasteiger partial charge in [-0.3, -0.25) is 9.48 Å². The second-order valence-corrected chi connectivity index (χ2v) is 4.86. The Kier molecular flexibility index (Phi) is 5.37. The van der Waals surface area contributed by atoms with Crippen molar-refractivity contribution in [1.82, 2.24) is 15.1 Å². The molecule has 1 amide bonds. The van der Waals surface area contributed by atoms with E-state index in [9.17, 15) is 4.79 Å². The lowest BCUT2D eigenvalue weighted by Crippen LogP contribution is -2.25. The predicted molar refractivity (Wildman–Crippen MR) is 81.0 cm³/mol. The normalized spacial score (nSPS) is 11.9. The quantitative estimate of drug-likeness (QED) is 0.851. The van der Waals surface area contributed by atoms with Crippen LogP contribution in [0.15, 0.2) is 42.7 Å². The number of carbonyl (C=O) groups excluding carboxylic acids is 1. The first kappa shape index (κ1) is 15.1. The summed E-state index contributed by atoms with van der Waals surface area (Å²) in [6, 6.07) is 9.64. The second-order valence-electron chi connectivity index (χ2n) is 4.86. The molecule has 0 spiro atoms. The van der Waals surface area contributed by atoms with Crippen LogP contribution in [0, 0.1) is 0 Å². The van der Waals surface area contributed by atoms with Crippen LogP contribution < -0.4 is 10.1 Å². The van der Waals surface area contributed by atoms with Crippen LogP contribution in [0.4, 0.5) is 0 Å². The Morgan fingerprint density at radius 3 is 2.90 bits per heavy atom. The molecule has 1 aromatic carbocycles. The molecule has 1 aromatic heterocycles. The third kappa shape index (κ3) is 4.34. The summed E-state index contributed by atoms with van der Waals surface area (Å²) < 4.78 is 7.33. The first-order chi connectivity index (χ1) is 10.2. The van der Waals surface area contributed by atoms with Crippen LogP contribution in [0.25, 0.3) is 0 Å². The van der Waals surface area contributed by atoms with Crippen molar-refractivity contribution >= 4 is 5.91 Å². The molecule has 0 radical (unpaired) electrons. The molecule has 0 saturated carbocycles. The van der Waals surface area contributed by atoms with Crippen LogP contribution in [-0.2, 0) is 11.3 Å². The van der Waals surface area contributed by atoms with E-state index in [-0.39, 0.29) is 11.9 Å². The summed E-state index contributed by atoms with van der Waals surface area (Å²) in [5.41, 5.74) is 0.986. The monoisotopic (exact) mass is 287 g/mol. The van der Waals surface area contributed by atoms with Gasteiger partial charge in [0.05, 0.1) is 12.6 Å². The Bertz CT molecular complexity index is 567. The molecule has 0 bridgehead atoms. The van der Waals surface area contributed by atoms with Crippen molar-refractivity contribution in [3.8, 4) is 5.75 Å². The Balaban J connectivity index is 1.86. The highest BCUT2D eigenvalue weighted by Crippen LogP contribution is 2.17. The number of amides is 1. The van der Waals surface area contributed by atoms with Crippen molar-refractivity contribution in [2.45, 2.75) is 32.9 Å². The Labute approximate surface area is 124 Å². The van der Waals surface area contributed by atoms with Gasteiger partial charge in [-0.25, -0.2) is 0 Å². The van der Waals surface area contributed by atoms with Gasteiger partial charge >= 0.3 is 0 Å². The maximum Gasteiger partial charge on any atom is 0.222 e. The van der Waals surface area contributed by atoms with E-state index < -0.39 is 0 Å². The fourth-order valence-electron chi connectivity index (χ4n) is 2.12. The Hall–Kier alpha value is -2.30. The SMILES string of the molecule is CCOc1ccccc1CNC(=O)CC(C)n1cccn1. The molecule has 1 heterocycles. The maximum atomic E-state index is 12.0. The zero-order valence-electron chi connectivity index (χ0n) is 12.5. The van der Waals surface area contributed by atoms with Crippen LogP contribution in [0.5, 0.6) is 5.75 Å². The fraction of sp³-hybridized carbons (Fsp3) is 0.375. The van der Waals surface area contributed by atoms with Crippen molar-refractivity contribution in [3.05, 3.63) is 48.3 Å². The molecule has 0 aliphatic carbocycles. The zero-order chi connectivity index (χ0) is 15.1. The topological polar surface area (TPSA) is 56.1 Å². The minimum Gasteiger partial charge on any atom is -0.494 e. The third-order valence-corrected chi connectivity index (χ3v) is 3.21. The fourth-order valence-corrected chi connectivity index (χ4v) is 2.12. The summed E-state index contributed by atoms with van der Waals surface area (Å²) in [4.78, 5) is 12.0. The van der Waals surface area contributed by atoms with Gasteiger partial charge in [0.15, 0.2) is 0 Å². The Morgan fingerprint density at radius 1 is 1.38 bits per heavy atom. The molecule has 5 nitrogen and oxygen atoms in total. The van der Waals surface area contributed by atoms with E-state index in [1.165, 1.54) is 0 Å². The van der Waals surface area contributed by atoms with Crippen LogP contribution in [-0.4, -0.2) is 22.3 Å². The van der Waals surface area contributed by atoms with E-state index in [1.54, 1.807) is 10.9 Å².